The Morgan fingerprint density at radius 1 is 1.18 bits per heavy atom. The number of ether oxygens (including phenoxy) is 1. The molecule has 1 aliphatic carbocycles. The van der Waals surface area contributed by atoms with Crippen molar-refractivity contribution in [1.29, 1.82) is 0 Å². The van der Waals surface area contributed by atoms with Gasteiger partial charge in [0.25, 0.3) is 5.91 Å². The van der Waals surface area contributed by atoms with Crippen molar-refractivity contribution in [2.24, 2.45) is 5.92 Å². The number of thioether (sulfide) groups is 1. The first-order valence-electron chi connectivity index (χ1n) is 11.1. The van der Waals surface area contributed by atoms with Gasteiger partial charge in [0.2, 0.25) is 11.8 Å². The summed E-state index contributed by atoms with van der Waals surface area (Å²) >= 11 is 1.50. The minimum absolute atomic E-state index is 0.209. The summed E-state index contributed by atoms with van der Waals surface area (Å²) in [6.07, 6.45) is 7.91. The lowest BCUT2D eigenvalue weighted by Crippen LogP contribution is -2.55. The average molecular weight is 499 g/mol. The van der Waals surface area contributed by atoms with Crippen molar-refractivity contribution in [3.8, 4) is 0 Å². The number of carbonyl (C=O) groups excluding carboxylic acids is 4. The van der Waals surface area contributed by atoms with Gasteiger partial charge in [0.05, 0.1) is 12.6 Å². The van der Waals surface area contributed by atoms with E-state index in [1.165, 1.54) is 16.7 Å². The Labute approximate surface area is 205 Å². The molecule has 0 saturated carbocycles. The second-order valence-electron chi connectivity index (χ2n) is 9.19. The predicted octanol–water partition coefficient (Wildman–Crippen LogP) is 0.815. The Morgan fingerprint density at radius 2 is 1.85 bits per heavy atom. The molecule has 1 aliphatic rings. The largest absolute Gasteiger partial charge is 0.444 e. The zero-order valence-corrected chi connectivity index (χ0v) is 21.6. The van der Waals surface area contributed by atoms with E-state index < -0.39 is 48.2 Å². The van der Waals surface area contributed by atoms with Crippen LogP contribution in [0.25, 0.3) is 0 Å². The molecule has 0 aromatic rings. The van der Waals surface area contributed by atoms with Crippen LogP contribution in [0.1, 0.15) is 33.6 Å². The van der Waals surface area contributed by atoms with E-state index in [4.69, 9.17) is 4.74 Å². The molecule has 1 rings (SSSR count). The summed E-state index contributed by atoms with van der Waals surface area (Å²) < 4.78 is 5.21. The van der Waals surface area contributed by atoms with Gasteiger partial charge >= 0.3 is 6.09 Å². The molecule has 4 amide bonds. The van der Waals surface area contributed by atoms with Gasteiger partial charge in [0.1, 0.15) is 11.6 Å². The van der Waals surface area contributed by atoms with Gasteiger partial charge in [0, 0.05) is 20.0 Å². The SMILES string of the molecule is CSCCC(NC(=O)OC(C)(C)C)C(O)C(=O)NCC(=O)N[C@H](C(=O)N(C)C)C1C=CC=CC1. The number of allylic oxidation sites excluding steroid dienone is 3. The lowest BCUT2D eigenvalue weighted by atomic mass is 9.91. The molecule has 4 atom stereocenters. The second-order valence-corrected chi connectivity index (χ2v) is 10.2. The van der Waals surface area contributed by atoms with Crippen LogP contribution in [0.2, 0.25) is 0 Å². The van der Waals surface area contributed by atoms with E-state index in [0.29, 0.717) is 18.6 Å². The maximum absolute atomic E-state index is 12.6. The molecule has 0 aromatic heterocycles. The highest BCUT2D eigenvalue weighted by molar-refractivity contribution is 7.98. The minimum Gasteiger partial charge on any atom is -0.444 e. The highest BCUT2D eigenvalue weighted by atomic mass is 32.2. The Kier molecular flexibility index (Phi) is 12.2. The number of nitrogens with zero attached hydrogens (tertiary/aromatic N) is 1. The number of rotatable bonds is 11. The van der Waals surface area contributed by atoms with Crippen LogP contribution in [0.5, 0.6) is 0 Å². The summed E-state index contributed by atoms with van der Waals surface area (Å²) in [5.74, 6) is -1.26. The molecule has 0 spiro atoms. The van der Waals surface area contributed by atoms with E-state index in [1.807, 2.05) is 30.6 Å². The number of hydrogen-bond acceptors (Lipinski definition) is 7. The Bertz CT molecular complexity index is 778. The van der Waals surface area contributed by atoms with Gasteiger partial charge in [-0.2, -0.15) is 11.8 Å². The van der Waals surface area contributed by atoms with Gasteiger partial charge in [-0.3, -0.25) is 14.4 Å². The fourth-order valence-electron chi connectivity index (χ4n) is 3.17. The fourth-order valence-corrected chi connectivity index (χ4v) is 3.66. The summed E-state index contributed by atoms with van der Waals surface area (Å²) in [7, 11) is 3.21. The number of carbonyl (C=O) groups is 4. The number of aliphatic hydroxyl groups excluding tert-OH is 1. The van der Waals surface area contributed by atoms with Gasteiger partial charge < -0.3 is 30.7 Å². The Hall–Kier alpha value is -2.53. The topological polar surface area (TPSA) is 137 Å². The maximum atomic E-state index is 12.6. The Balaban J connectivity index is 2.72. The quantitative estimate of drug-likeness (QED) is 0.331. The molecule has 0 radical (unpaired) electrons. The zero-order valence-electron chi connectivity index (χ0n) is 20.8. The summed E-state index contributed by atoms with van der Waals surface area (Å²) in [6.45, 7) is 4.69. The zero-order chi connectivity index (χ0) is 25.9. The van der Waals surface area contributed by atoms with Crippen LogP contribution in [0.3, 0.4) is 0 Å². The molecular weight excluding hydrogens is 460 g/mol. The number of likely N-dealkylation sites (N-methyl/N-ethyl adjacent to an activating group) is 1. The van der Waals surface area contributed by atoms with E-state index in [9.17, 15) is 24.3 Å². The van der Waals surface area contributed by atoms with E-state index in [1.54, 1.807) is 34.9 Å². The third kappa shape index (κ3) is 10.6. The molecular formula is C23H38N4O6S. The molecule has 10 nitrogen and oxygen atoms in total. The van der Waals surface area contributed by atoms with Crippen LogP contribution in [-0.2, 0) is 19.1 Å². The van der Waals surface area contributed by atoms with Crippen molar-refractivity contribution >= 4 is 35.6 Å². The molecule has 34 heavy (non-hydrogen) atoms. The van der Waals surface area contributed by atoms with E-state index >= 15 is 0 Å². The smallest absolute Gasteiger partial charge is 0.407 e. The number of hydrogen-bond donors (Lipinski definition) is 4. The summed E-state index contributed by atoms with van der Waals surface area (Å²) in [6, 6.07) is -1.68. The van der Waals surface area contributed by atoms with Gasteiger partial charge in [-0.1, -0.05) is 24.3 Å². The lowest BCUT2D eigenvalue weighted by molar-refractivity contribution is -0.136. The predicted molar refractivity (Wildman–Crippen MR) is 132 cm³/mol. The van der Waals surface area contributed by atoms with Crippen LogP contribution in [0.15, 0.2) is 24.3 Å². The van der Waals surface area contributed by atoms with Crippen molar-refractivity contribution in [3.05, 3.63) is 24.3 Å². The minimum atomic E-state index is -1.59. The molecule has 4 N–H and O–H groups in total. The van der Waals surface area contributed by atoms with Crippen LogP contribution < -0.4 is 16.0 Å². The van der Waals surface area contributed by atoms with Crippen molar-refractivity contribution in [1.82, 2.24) is 20.9 Å². The molecule has 0 saturated heterocycles. The molecule has 0 aliphatic heterocycles. The van der Waals surface area contributed by atoms with Crippen LogP contribution >= 0.6 is 11.8 Å². The third-order valence-corrected chi connectivity index (χ3v) is 5.52. The average Bonchev–Trinajstić information content (AvgIpc) is 2.76. The molecule has 3 unspecified atom stereocenters. The van der Waals surface area contributed by atoms with Gasteiger partial charge in [-0.25, -0.2) is 4.79 Å². The van der Waals surface area contributed by atoms with Crippen molar-refractivity contribution in [2.75, 3.05) is 32.6 Å². The number of nitrogens with one attached hydrogen (secondary N) is 3. The monoisotopic (exact) mass is 498 g/mol. The van der Waals surface area contributed by atoms with Gasteiger partial charge in [-0.05, 0) is 45.6 Å². The number of alkyl carbamates (subject to hydrolysis) is 1. The van der Waals surface area contributed by atoms with Crippen LogP contribution in [0, 0.1) is 5.92 Å². The lowest BCUT2D eigenvalue weighted by Gasteiger charge is -2.28. The summed E-state index contributed by atoms with van der Waals surface area (Å²) in [5, 5.41) is 18.1. The summed E-state index contributed by atoms with van der Waals surface area (Å²) in [4.78, 5) is 51.1. The first kappa shape index (κ1) is 29.5. The highest BCUT2D eigenvalue weighted by Crippen LogP contribution is 2.17. The molecule has 0 heterocycles. The van der Waals surface area contributed by atoms with E-state index in [-0.39, 0.29) is 11.8 Å². The molecule has 0 fully saturated rings. The molecule has 11 heteroatoms. The van der Waals surface area contributed by atoms with Gasteiger partial charge in [-0.15, -0.1) is 0 Å². The first-order chi connectivity index (χ1) is 15.9. The van der Waals surface area contributed by atoms with Crippen molar-refractivity contribution in [3.63, 3.8) is 0 Å². The molecule has 0 aromatic carbocycles. The Morgan fingerprint density at radius 3 is 2.38 bits per heavy atom. The number of amides is 4. The highest BCUT2D eigenvalue weighted by Gasteiger charge is 2.31. The van der Waals surface area contributed by atoms with Crippen molar-refractivity contribution in [2.45, 2.75) is 57.4 Å². The fraction of sp³-hybridized carbons (Fsp3) is 0.652. The summed E-state index contributed by atoms with van der Waals surface area (Å²) in [5.41, 5.74) is -0.733. The van der Waals surface area contributed by atoms with E-state index in [2.05, 4.69) is 16.0 Å². The van der Waals surface area contributed by atoms with Gasteiger partial charge in [0.15, 0.2) is 6.10 Å². The van der Waals surface area contributed by atoms with Crippen LogP contribution in [-0.4, -0.2) is 90.3 Å². The van der Waals surface area contributed by atoms with Crippen molar-refractivity contribution < 1.29 is 29.0 Å². The third-order valence-electron chi connectivity index (χ3n) is 4.87. The van der Waals surface area contributed by atoms with Crippen LogP contribution in [0.4, 0.5) is 4.79 Å². The molecule has 192 valence electrons. The maximum Gasteiger partial charge on any atom is 0.407 e. The number of aliphatic hydroxyl groups is 1. The standard InChI is InChI=1S/C23H38N4O6S/c1-23(2,3)33-22(32)25-16(12-13-34-6)19(29)20(30)24-14-17(28)26-18(21(31)27(4)5)15-10-8-7-9-11-15/h7-10,15-16,18-19,29H,11-14H2,1-6H3,(H,24,30)(H,25,32)(H,26,28)/t15?,16?,18-,19?/m0/s1. The van der Waals surface area contributed by atoms with E-state index in [0.717, 1.165) is 0 Å². The normalized spacial score (nSPS) is 17.8. The second kappa shape index (κ2) is 14.0. The molecule has 0 bridgehead atoms. The first-order valence-corrected chi connectivity index (χ1v) is 12.5.